The normalized spacial score (nSPS) is 26.3. The van der Waals surface area contributed by atoms with E-state index < -0.39 is 15.8 Å². The highest BCUT2D eigenvalue weighted by molar-refractivity contribution is 7.89. The Kier molecular flexibility index (Phi) is 3.23. The van der Waals surface area contributed by atoms with E-state index >= 15 is 0 Å². The molecule has 1 aromatic carbocycles. The summed E-state index contributed by atoms with van der Waals surface area (Å²) in [5, 5.41) is 0. The third kappa shape index (κ3) is 2.35. The van der Waals surface area contributed by atoms with Crippen LogP contribution >= 0.6 is 0 Å². The fourth-order valence-electron chi connectivity index (χ4n) is 2.03. The van der Waals surface area contributed by atoms with E-state index in [-0.39, 0.29) is 4.90 Å². The maximum absolute atomic E-state index is 12.8. The third-order valence-electron chi connectivity index (χ3n) is 3.41. The second-order valence-corrected chi connectivity index (χ2v) is 6.67. The molecule has 3 nitrogen and oxygen atoms in total. The van der Waals surface area contributed by atoms with Crippen molar-refractivity contribution in [3.63, 3.8) is 0 Å². The summed E-state index contributed by atoms with van der Waals surface area (Å²) in [5.41, 5.74) is 0. The van der Waals surface area contributed by atoms with E-state index in [1.807, 2.05) is 13.8 Å². The molecule has 0 amide bonds. The van der Waals surface area contributed by atoms with Gasteiger partial charge in [-0.05, 0) is 36.1 Å². The highest BCUT2D eigenvalue weighted by Crippen LogP contribution is 2.27. The molecule has 1 heterocycles. The largest absolute Gasteiger partial charge is 0.243 e. The summed E-state index contributed by atoms with van der Waals surface area (Å²) < 4.78 is 38.7. The Morgan fingerprint density at radius 1 is 1.12 bits per heavy atom. The topological polar surface area (TPSA) is 37.4 Å². The van der Waals surface area contributed by atoms with Gasteiger partial charge in [0.25, 0.3) is 0 Å². The number of rotatable bonds is 2. The van der Waals surface area contributed by atoms with Gasteiger partial charge in [0.1, 0.15) is 5.82 Å². The first-order valence-corrected chi connectivity index (χ1v) is 7.11. The van der Waals surface area contributed by atoms with Gasteiger partial charge in [0, 0.05) is 13.1 Å². The summed E-state index contributed by atoms with van der Waals surface area (Å²) in [6.45, 7) is 5.18. The first-order chi connectivity index (χ1) is 7.91. The lowest BCUT2D eigenvalue weighted by atomic mass is 10.0. The van der Waals surface area contributed by atoms with Gasteiger partial charge in [0.2, 0.25) is 10.0 Å². The van der Waals surface area contributed by atoms with Crippen LogP contribution in [-0.4, -0.2) is 25.8 Å². The maximum atomic E-state index is 12.8. The van der Waals surface area contributed by atoms with Gasteiger partial charge in [-0.25, -0.2) is 12.8 Å². The molecule has 1 aliphatic heterocycles. The average molecular weight is 257 g/mol. The van der Waals surface area contributed by atoms with E-state index in [1.165, 1.54) is 28.6 Å². The Labute approximate surface area is 101 Å². The van der Waals surface area contributed by atoms with Crippen LogP contribution in [0.4, 0.5) is 4.39 Å². The quantitative estimate of drug-likeness (QED) is 0.813. The number of benzene rings is 1. The lowest BCUT2D eigenvalue weighted by Gasteiger charge is -2.16. The highest BCUT2D eigenvalue weighted by Gasteiger charge is 2.34. The second kappa shape index (κ2) is 4.38. The summed E-state index contributed by atoms with van der Waals surface area (Å²) in [5.74, 6) is 0.308. The molecule has 2 rings (SSSR count). The summed E-state index contributed by atoms with van der Waals surface area (Å²) in [4.78, 5) is 0.167. The number of hydrogen-bond donors (Lipinski definition) is 0. The molecule has 1 aromatic rings. The van der Waals surface area contributed by atoms with E-state index in [0.717, 1.165) is 0 Å². The van der Waals surface area contributed by atoms with Gasteiger partial charge in [-0.1, -0.05) is 13.8 Å². The fourth-order valence-corrected chi connectivity index (χ4v) is 3.67. The third-order valence-corrected chi connectivity index (χ3v) is 5.25. The van der Waals surface area contributed by atoms with Gasteiger partial charge >= 0.3 is 0 Å². The molecule has 1 aliphatic rings. The van der Waals surface area contributed by atoms with Gasteiger partial charge < -0.3 is 0 Å². The molecule has 0 spiro atoms. The Morgan fingerprint density at radius 3 is 2.06 bits per heavy atom. The van der Waals surface area contributed by atoms with Crippen LogP contribution in [0.2, 0.25) is 0 Å². The maximum Gasteiger partial charge on any atom is 0.243 e. The monoisotopic (exact) mass is 257 g/mol. The molecule has 0 aliphatic carbocycles. The smallest absolute Gasteiger partial charge is 0.207 e. The van der Waals surface area contributed by atoms with Gasteiger partial charge in [-0.3, -0.25) is 0 Å². The van der Waals surface area contributed by atoms with Crippen LogP contribution in [-0.2, 0) is 10.0 Å². The van der Waals surface area contributed by atoms with E-state index in [9.17, 15) is 12.8 Å². The molecule has 2 unspecified atom stereocenters. The van der Waals surface area contributed by atoms with E-state index in [1.54, 1.807) is 0 Å². The average Bonchev–Trinajstić information content (AvgIpc) is 2.60. The van der Waals surface area contributed by atoms with E-state index in [2.05, 4.69) is 0 Å². The van der Waals surface area contributed by atoms with Gasteiger partial charge in [0.05, 0.1) is 4.90 Å². The Bertz CT molecular complexity index is 488. The molecule has 1 fully saturated rings. The number of hydrogen-bond acceptors (Lipinski definition) is 2. The Balaban J connectivity index is 2.28. The van der Waals surface area contributed by atoms with Crippen LogP contribution in [0, 0.1) is 17.7 Å². The van der Waals surface area contributed by atoms with E-state index in [4.69, 9.17) is 0 Å². The molecule has 0 bridgehead atoms. The van der Waals surface area contributed by atoms with Crippen LogP contribution in [0.25, 0.3) is 0 Å². The van der Waals surface area contributed by atoms with Gasteiger partial charge in [-0.15, -0.1) is 0 Å². The SMILES string of the molecule is CC1CN(S(=O)(=O)c2ccc(F)cc2)CC1C. The van der Waals surface area contributed by atoms with E-state index in [0.29, 0.717) is 24.9 Å². The van der Waals surface area contributed by atoms with Crippen molar-refractivity contribution in [3.8, 4) is 0 Å². The Morgan fingerprint density at radius 2 is 1.59 bits per heavy atom. The predicted octanol–water partition coefficient (Wildman–Crippen LogP) is 2.10. The number of nitrogens with zero attached hydrogens (tertiary/aromatic N) is 1. The highest BCUT2D eigenvalue weighted by atomic mass is 32.2. The molecule has 0 aromatic heterocycles. The predicted molar refractivity (Wildman–Crippen MR) is 63.5 cm³/mol. The first kappa shape index (κ1) is 12.5. The minimum absolute atomic E-state index is 0.167. The van der Waals surface area contributed by atoms with Crippen LogP contribution < -0.4 is 0 Å². The number of halogens is 1. The molecule has 94 valence electrons. The van der Waals surface area contributed by atoms with Crippen molar-refractivity contribution in [3.05, 3.63) is 30.1 Å². The number of sulfonamides is 1. The molecule has 2 atom stereocenters. The molecule has 5 heteroatoms. The van der Waals surface area contributed by atoms with Gasteiger partial charge in [-0.2, -0.15) is 4.31 Å². The van der Waals surface area contributed by atoms with Crippen molar-refractivity contribution in [2.24, 2.45) is 11.8 Å². The fraction of sp³-hybridized carbons (Fsp3) is 0.500. The van der Waals surface area contributed by atoms with Crippen molar-refractivity contribution < 1.29 is 12.8 Å². The van der Waals surface area contributed by atoms with Gasteiger partial charge in [0.15, 0.2) is 0 Å². The molecular weight excluding hydrogens is 241 g/mol. The molecular formula is C12H16FNO2S. The van der Waals surface area contributed by atoms with Crippen LogP contribution in [0.15, 0.2) is 29.2 Å². The molecule has 1 saturated heterocycles. The minimum atomic E-state index is -3.45. The molecule has 0 saturated carbocycles. The van der Waals surface area contributed by atoms with Crippen LogP contribution in [0.1, 0.15) is 13.8 Å². The zero-order valence-corrected chi connectivity index (χ0v) is 10.7. The molecule has 17 heavy (non-hydrogen) atoms. The molecule has 0 radical (unpaired) electrons. The van der Waals surface area contributed by atoms with Crippen LogP contribution in [0.3, 0.4) is 0 Å². The second-order valence-electron chi connectivity index (χ2n) is 4.73. The summed E-state index contributed by atoms with van der Waals surface area (Å²) in [6.07, 6.45) is 0. The van der Waals surface area contributed by atoms with Crippen molar-refractivity contribution in [1.82, 2.24) is 4.31 Å². The summed E-state index contributed by atoms with van der Waals surface area (Å²) in [6, 6.07) is 4.99. The lowest BCUT2D eigenvalue weighted by Crippen LogP contribution is -2.29. The lowest BCUT2D eigenvalue weighted by molar-refractivity contribution is 0.463. The van der Waals surface area contributed by atoms with Crippen molar-refractivity contribution in [2.45, 2.75) is 18.7 Å². The standard InChI is InChI=1S/C12H16FNO2S/c1-9-7-14(8-10(9)2)17(15,16)12-5-3-11(13)4-6-12/h3-6,9-10H,7-8H2,1-2H3. The van der Waals surface area contributed by atoms with Crippen molar-refractivity contribution in [2.75, 3.05) is 13.1 Å². The zero-order chi connectivity index (χ0) is 12.6. The van der Waals surface area contributed by atoms with Crippen LogP contribution in [0.5, 0.6) is 0 Å². The Hall–Kier alpha value is -0.940. The summed E-state index contributed by atoms with van der Waals surface area (Å²) in [7, 11) is -3.45. The van der Waals surface area contributed by atoms with Crippen molar-refractivity contribution in [1.29, 1.82) is 0 Å². The minimum Gasteiger partial charge on any atom is -0.207 e. The van der Waals surface area contributed by atoms with Crippen molar-refractivity contribution >= 4 is 10.0 Å². The summed E-state index contributed by atoms with van der Waals surface area (Å²) >= 11 is 0. The molecule has 0 N–H and O–H groups in total. The first-order valence-electron chi connectivity index (χ1n) is 5.67. The zero-order valence-electron chi connectivity index (χ0n) is 9.93.